The minimum absolute atomic E-state index is 0.126. The van der Waals surface area contributed by atoms with Crippen molar-refractivity contribution in [2.45, 2.75) is 26.8 Å². The van der Waals surface area contributed by atoms with Gasteiger partial charge < -0.3 is 20.1 Å². The summed E-state index contributed by atoms with van der Waals surface area (Å²) in [6, 6.07) is 6.94. The summed E-state index contributed by atoms with van der Waals surface area (Å²) in [6.07, 6.45) is 0. The van der Waals surface area contributed by atoms with Gasteiger partial charge in [0.05, 0.1) is 31.5 Å². The van der Waals surface area contributed by atoms with Crippen LogP contribution in [0.2, 0.25) is 0 Å². The van der Waals surface area contributed by atoms with Crippen molar-refractivity contribution in [2.75, 3.05) is 27.3 Å². The molecule has 0 radical (unpaired) electrons. The molecule has 2 aliphatic heterocycles. The van der Waals surface area contributed by atoms with Crippen LogP contribution in [-0.2, 0) is 4.79 Å². The number of amides is 1. The van der Waals surface area contributed by atoms with Crippen molar-refractivity contribution in [1.29, 1.82) is 5.26 Å². The van der Waals surface area contributed by atoms with Gasteiger partial charge in [-0.1, -0.05) is 0 Å². The van der Waals surface area contributed by atoms with Gasteiger partial charge in [-0.2, -0.15) is 5.26 Å². The summed E-state index contributed by atoms with van der Waals surface area (Å²) < 4.78 is 11.0. The first-order valence-electron chi connectivity index (χ1n) is 9.59. The Morgan fingerprint density at radius 2 is 2.03 bits per heavy atom. The third-order valence-electron chi connectivity index (χ3n) is 5.19. The molecule has 0 unspecified atom stereocenters. The molecule has 0 bridgehead atoms. The summed E-state index contributed by atoms with van der Waals surface area (Å²) in [5, 5.41) is 10.1. The number of carbonyl (C=O) groups excluding carboxylic acids is 1. The SMILES string of the molecule is CCN(CC)C(=O)C1=C(C)N=C2SC(C#N)=C(N)N2[C@H]1c1cc(OC)ccc1OC. The smallest absolute Gasteiger partial charge is 0.254 e. The van der Waals surface area contributed by atoms with E-state index in [0.29, 0.717) is 51.5 Å². The summed E-state index contributed by atoms with van der Waals surface area (Å²) in [6.45, 7) is 6.80. The maximum Gasteiger partial charge on any atom is 0.254 e. The molecule has 0 fully saturated rings. The Balaban J connectivity index is 2.28. The average molecular weight is 428 g/mol. The van der Waals surface area contributed by atoms with Gasteiger partial charge in [-0.05, 0) is 50.7 Å². The number of ether oxygens (including phenoxy) is 2. The minimum Gasteiger partial charge on any atom is -0.497 e. The van der Waals surface area contributed by atoms with Crippen molar-refractivity contribution in [3.8, 4) is 17.6 Å². The van der Waals surface area contributed by atoms with Gasteiger partial charge in [0.1, 0.15) is 28.3 Å². The fourth-order valence-electron chi connectivity index (χ4n) is 3.64. The van der Waals surface area contributed by atoms with E-state index in [0.717, 1.165) is 0 Å². The van der Waals surface area contributed by atoms with E-state index in [1.807, 2.05) is 26.8 Å². The highest BCUT2D eigenvalue weighted by molar-refractivity contribution is 8.17. The molecule has 1 amide bonds. The molecule has 2 aliphatic rings. The molecule has 1 atom stereocenters. The Hall–Kier alpha value is -3.12. The van der Waals surface area contributed by atoms with Gasteiger partial charge in [0.25, 0.3) is 5.91 Å². The lowest BCUT2D eigenvalue weighted by Crippen LogP contribution is -2.42. The van der Waals surface area contributed by atoms with E-state index >= 15 is 0 Å². The highest BCUT2D eigenvalue weighted by Crippen LogP contribution is 2.48. The molecular formula is C21H25N5O3S. The fraction of sp³-hybridized carbons (Fsp3) is 0.381. The summed E-state index contributed by atoms with van der Waals surface area (Å²) in [5.41, 5.74) is 8.14. The topological polar surface area (TPSA) is 104 Å². The molecule has 2 heterocycles. The van der Waals surface area contributed by atoms with Crippen LogP contribution < -0.4 is 15.2 Å². The summed E-state index contributed by atoms with van der Waals surface area (Å²) >= 11 is 1.20. The van der Waals surface area contributed by atoms with Crippen molar-refractivity contribution in [3.05, 3.63) is 45.8 Å². The van der Waals surface area contributed by atoms with E-state index in [1.165, 1.54) is 11.8 Å². The quantitative estimate of drug-likeness (QED) is 0.744. The second kappa shape index (κ2) is 8.71. The number of likely N-dealkylation sites (N-methyl/N-ethyl adjacent to an activating group) is 1. The highest BCUT2D eigenvalue weighted by atomic mass is 32.2. The normalized spacial score (nSPS) is 18.1. The molecule has 1 aromatic rings. The largest absolute Gasteiger partial charge is 0.497 e. The van der Waals surface area contributed by atoms with E-state index in [-0.39, 0.29) is 11.7 Å². The second-order valence-corrected chi connectivity index (χ2v) is 7.66. The van der Waals surface area contributed by atoms with Gasteiger partial charge in [0, 0.05) is 18.7 Å². The molecule has 158 valence electrons. The number of hydrogen-bond donors (Lipinski definition) is 1. The predicted octanol–water partition coefficient (Wildman–Crippen LogP) is 2.96. The lowest BCUT2D eigenvalue weighted by molar-refractivity contribution is -0.127. The van der Waals surface area contributed by atoms with E-state index in [4.69, 9.17) is 15.2 Å². The van der Waals surface area contributed by atoms with E-state index < -0.39 is 6.04 Å². The van der Waals surface area contributed by atoms with Gasteiger partial charge >= 0.3 is 0 Å². The van der Waals surface area contributed by atoms with Crippen LogP contribution in [0.5, 0.6) is 11.5 Å². The number of methoxy groups -OCH3 is 2. The second-order valence-electron chi connectivity index (χ2n) is 6.68. The number of nitriles is 1. The van der Waals surface area contributed by atoms with Crippen LogP contribution in [0, 0.1) is 11.3 Å². The molecule has 1 aromatic carbocycles. The van der Waals surface area contributed by atoms with Crippen LogP contribution >= 0.6 is 11.8 Å². The lowest BCUT2D eigenvalue weighted by Gasteiger charge is -2.37. The molecule has 3 rings (SSSR count). The molecule has 0 aromatic heterocycles. The Morgan fingerprint density at radius 1 is 1.33 bits per heavy atom. The number of hydrogen-bond acceptors (Lipinski definition) is 8. The summed E-state index contributed by atoms with van der Waals surface area (Å²) in [5.74, 6) is 1.35. The minimum atomic E-state index is -0.603. The van der Waals surface area contributed by atoms with Crippen molar-refractivity contribution >= 4 is 22.8 Å². The number of nitrogens with two attached hydrogens (primary N) is 1. The zero-order valence-electron chi connectivity index (χ0n) is 17.7. The van der Waals surface area contributed by atoms with E-state index in [2.05, 4.69) is 11.1 Å². The van der Waals surface area contributed by atoms with Crippen LogP contribution in [0.15, 0.2) is 45.2 Å². The van der Waals surface area contributed by atoms with Crippen LogP contribution in [0.25, 0.3) is 0 Å². The lowest BCUT2D eigenvalue weighted by atomic mass is 9.92. The summed E-state index contributed by atoms with van der Waals surface area (Å²) in [4.78, 5) is 22.0. The first-order chi connectivity index (χ1) is 14.4. The van der Waals surface area contributed by atoms with Gasteiger partial charge in [-0.25, -0.2) is 4.99 Å². The molecule has 9 heteroatoms. The zero-order valence-corrected chi connectivity index (χ0v) is 18.5. The molecule has 0 saturated carbocycles. The monoisotopic (exact) mass is 427 g/mol. The fourth-order valence-corrected chi connectivity index (χ4v) is 4.56. The molecular weight excluding hydrogens is 402 g/mol. The number of allylic oxidation sites excluding steroid dienone is 2. The molecule has 30 heavy (non-hydrogen) atoms. The molecule has 2 N–H and O–H groups in total. The third-order valence-corrected chi connectivity index (χ3v) is 6.17. The predicted molar refractivity (Wildman–Crippen MR) is 117 cm³/mol. The number of thioether (sulfide) groups is 1. The standard InChI is InChI=1S/C21H25N5O3S/c1-6-25(7-2)20(27)17-12(3)24-21-26(19(23)16(11-22)30-21)18(17)14-10-13(28-4)8-9-15(14)29-5/h8-10,18H,6-7,23H2,1-5H3/t18-/m0/s1. The van der Waals surface area contributed by atoms with Crippen molar-refractivity contribution in [3.63, 3.8) is 0 Å². The number of fused-ring (bicyclic) bond motifs is 1. The number of aliphatic imine (C=N–C) groups is 1. The van der Waals surface area contributed by atoms with Crippen LogP contribution in [0.4, 0.5) is 0 Å². The molecule has 0 saturated heterocycles. The van der Waals surface area contributed by atoms with Gasteiger partial charge in [-0.3, -0.25) is 9.69 Å². The Labute approximate surface area is 180 Å². The first-order valence-corrected chi connectivity index (χ1v) is 10.4. The Morgan fingerprint density at radius 3 is 2.60 bits per heavy atom. The number of carbonyl (C=O) groups is 1. The van der Waals surface area contributed by atoms with Crippen LogP contribution in [-0.4, -0.2) is 48.2 Å². The molecule has 8 nitrogen and oxygen atoms in total. The first kappa shape index (κ1) is 21.6. The zero-order chi connectivity index (χ0) is 22.0. The Bertz CT molecular complexity index is 1000. The van der Waals surface area contributed by atoms with Crippen molar-refractivity contribution < 1.29 is 14.3 Å². The van der Waals surface area contributed by atoms with Crippen LogP contribution in [0.3, 0.4) is 0 Å². The molecule has 0 spiro atoms. The number of rotatable bonds is 6. The number of benzene rings is 1. The maximum atomic E-state index is 13.5. The average Bonchev–Trinajstić information content (AvgIpc) is 3.07. The summed E-state index contributed by atoms with van der Waals surface area (Å²) in [7, 11) is 3.15. The highest BCUT2D eigenvalue weighted by Gasteiger charge is 2.44. The number of nitrogens with zero attached hydrogens (tertiary/aromatic N) is 4. The van der Waals surface area contributed by atoms with E-state index in [9.17, 15) is 10.1 Å². The van der Waals surface area contributed by atoms with Crippen molar-refractivity contribution in [2.24, 2.45) is 10.7 Å². The van der Waals surface area contributed by atoms with E-state index in [1.54, 1.807) is 36.2 Å². The number of amidine groups is 1. The van der Waals surface area contributed by atoms with Gasteiger partial charge in [0.15, 0.2) is 5.17 Å². The Kier molecular flexibility index (Phi) is 6.27. The maximum absolute atomic E-state index is 13.5. The van der Waals surface area contributed by atoms with Crippen molar-refractivity contribution in [1.82, 2.24) is 9.80 Å². The molecule has 0 aliphatic carbocycles. The van der Waals surface area contributed by atoms with Gasteiger partial charge in [-0.15, -0.1) is 0 Å². The van der Waals surface area contributed by atoms with Gasteiger partial charge in [0.2, 0.25) is 0 Å². The van der Waals surface area contributed by atoms with Crippen LogP contribution in [0.1, 0.15) is 32.4 Å². The third kappa shape index (κ3) is 3.48.